The van der Waals surface area contributed by atoms with E-state index in [1.54, 1.807) is 0 Å². The lowest BCUT2D eigenvalue weighted by atomic mass is 9.99. The molecule has 3 atom stereocenters. The highest BCUT2D eigenvalue weighted by atomic mass is 16.2. The Morgan fingerprint density at radius 1 is 0.844 bits per heavy atom. The molecule has 1 aliphatic rings. The van der Waals surface area contributed by atoms with Gasteiger partial charge in [0.1, 0.15) is 12.1 Å². The molecule has 0 spiro atoms. The van der Waals surface area contributed by atoms with Crippen LogP contribution in [0.15, 0.2) is 0 Å². The van der Waals surface area contributed by atoms with Gasteiger partial charge >= 0.3 is 0 Å². The molecule has 0 saturated carbocycles. The van der Waals surface area contributed by atoms with Crippen LogP contribution < -0.4 is 27.0 Å². The number of hydrogen-bond acceptors (Lipinski definition) is 5. The van der Waals surface area contributed by atoms with Crippen LogP contribution >= 0.6 is 0 Å². The molecule has 1 heterocycles. The second kappa shape index (κ2) is 15.6. The van der Waals surface area contributed by atoms with Gasteiger partial charge in [-0.1, -0.05) is 52.9 Å². The van der Waals surface area contributed by atoms with E-state index in [9.17, 15) is 19.2 Å². The highest BCUT2D eigenvalue weighted by molar-refractivity contribution is 5.94. The first-order valence-corrected chi connectivity index (χ1v) is 12.1. The van der Waals surface area contributed by atoms with Crippen molar-refractivity contribution in [2.75, 3.05) is 13.1 Å². The largest absolute Gasteiger partial charge is 0.351 e. The molecule has 4 amide bonds. The molecule has 0 aromatic rings. The Labute approximate surface area is 192 Å². The molecule has 1 rings (SSSR count). The number of nitrogens with two attached hydrogens (primary N) is 1. The molecule has 0 radical (unpaired) electrons. The fourth-order valence-electron chi connectivity index (χ4n) is 3.78. The quantitative estimate of drug-likeness (QED) is 0.298. The number of carbonyl (C=O) groups is 4. The predicted octanol–water partition coefficient (Wildman–Crippen LogP) is 1.11. The maximum absolute atomic E-state index is 13.0. The highest BCUT2D eigenvalue weighted by Gasteiger charge is 2.30. The molecule has 1 aliphatic heterocycles. The summed E-state index contributed by atoms with van der Waals surface area (Å²) in [7, 11) is 0. The van der Waals surface area contributed by atoms with Gasteiger partial charge in [-0.05, 0) is 38.1 Å². The van der Waals surface area contributed by atoms with Crippen LogP contribution in [-0.4, -0.2) is 54.8 Å². The average Bonchev–Trinajstić information content (AvgIpc) is 2.74. The second-order valence-corrected chi connectivity index (χ2v) is 9.02. The molecule has 9 nitrogen and oxygen atoms in total. The molecule has 1 fully saturated rings. The van der Waals surface area contributed by atoms with Gasteiger partial charge in [-0.2, -0.15) is 0 Å². The molecule has 0 aromatic heterocycles. The summed E-state index contributed by atoms with van der Waals surface area (Å²) in [5, 5.41) is 11.1. The van der Waals surface area contributed by atoms with Crippen LogP contribution in [0.4, 0.5) is 0 Å². The van der Waals surface area contributed by atoms with E-state index >= 15 is 0 Å². The van der Waals surface area contributed by atoms with Gasteiger partial charge in [0, 0.05) is 12.5 Å². The van der Waals surface area contributed by atoms with E-state index in [1.165, 1.54) is 6.42 Å². The van der Waals surface area contributed by atoms with Gasteiger partial charge in [0.2, 0.25) is 23.6 Å². The minimum atomic E-state index is -0.782. The zero-order valence-electron chi connectivity index (χ0n) is 20.0. The van der Waals surface area contributed by atoms with Crippen LogP contribution in [0.1, 0.15) is 85.0 Å². The zero-order valence-corrected chi connectivity index (χ0v) is 20.0. The SMILES string of the molecule is CCCCCCC[C@H]1CC(=O)NCC(=O)N[C@@H](CCCCN)C(=O)N[C@@H](C(C)C)C(=O)N1. The molecule has 0 aliphatic carbocycles. The second-order valence-electron chi connectivity index (χ2n) is 9.02. The molecule has 0 unspecified atom stereocenters. The molecule has 0 aromatic carbocycles. The van der Waals surface area contributed by atoms with Crippen LogP contribution in [0.5, 0.6) is 0 Å². The molecule has 184 valence electrons. The Morgan fingerprint density at radius 2 is 1.53 bits per heavy atom. The van der Waals surface area contributed by atoms with Crippen molar-refractivity contribution in [2.24, 2.45) is 11.7 Å². The van der Waals surface area contributed by atoms with E-state index < -0.39 is 23.9 Å². The Bertz CT molecular complexity index is 611. The number of amides is 4. The summed E-state index contributed by atoms with van der Waals surface area (Å²) in [5.74, 6) is -1.57. The number of nitrogens with one attached hydrogen (secondary N) is 4. The van der Waals surface area contributed by atoms with Crippen LogP contribution in [-0.2, 0) is 19.2 Å². The number of hydrogen-bond donors (Lipinski definition) is 5. The van der Waals surface area contributed by atoms with Crippen molar-refractivity contribution in [3.63, 3.8) is 0 Å². The maximum atomic E-state index is 13.0. The van der Waals surface area contributed by atoms with Crippen molar-refractivity contribution < 1.29 is 19.2 Å². The van der Waals surface area contributed by atoms with Gasteiger partial charge in [0.05, 0.1) is 6.54 Å². The first-order valence-electron chi connectivity index (χ1n) is 12.1. The van der Waals surface area contributed by atoms with Crippen LogP contribution in [0.25, 0.3) is 0 Å². The molecular formula is C23H43N5O4. The Hall–Kier alpha value is -2.16. The molecule has 0 bridgehead atoms. The third-order valence-electron chi connectivity index (χ3n) is 5.73. The van der Waals surface area contributed by atoms with Crippen molar-refractivity contribution in [1.82, 2.24) is 21.3 Å². The van der Waals surface area contributed by atoms with Crippen molar-refractivity contribution in [3.05, 3.63) is 0 Å². The lowest BCUT2D eigenvalue weighted by Gasteiger charge is -2.27. The van der Waals surface area contributed by atoms with E-state index in [-0.39, 0.29) is 36.7 Å². The van der Waals surface area contributed by atoms with E-state index in [1.807, 2.05) is 13.8 Å². The van der Waals surface area contributed by atoms with Gasteiger partial charge < -0.3 is 27.0 Å². The topological polar surface area (TPSA) is 142 Å². The average molecular weight is 454 g/mol. The molecule has 32 heavy (non-hydrogen) atoms. The van der Waals surface area contributed by atoms with Gasteiger partial charge in [-0.25, -0.2) is 0 Å². The smallest absolute Gasteiger partial charge is 0.243 e. The first kappa shape index (κ1) is 27.9. The fourth-order valence-corrected chi connectivity index (χ4v) is 3.78. The minimum Gasteiger partial charge on any atom is -0.351 e. The van der Waals surface area contributed by atoms with Gasteiger partial charge in [0.15, 0.2) is 0 Å². The lowest BCUT2D eigenvalue weighted by Crippen LogP contribution is -2.56. The van der Waals surface area contributed by atoms with Crippen molar-refractivity contribution in [1.29, 1.82) is 0 Å². The van der Waals surface area contributed by atoms with E-state index in [0.29, 0.717) is 25.8 Å². The summed E-state index contributed by atoms with van der Waals surface area (Å²) in [4.78, 5) is 50.7. The van der Waals surface area contributed by atoms with E-state index in [4.69, 9.17) is 5.73 Å². The normalized spacial score (nSPS) is 23.3. The maximum Gasteiger partial charge on any atom is 0.243 e. The Kier molecular flexibility index (Phi) is 13.6. The third-order valence-corrected chi connectivity index (χ3v) is 5.73. The van der Waals surface area contributed by atoms with Gasteiger partial charge in [-0.15, -0.1) is 0 Å². The van der Waals surface area contributed by atoms with E-state index in [2.05, 4.69) is 28.2 Å². The van der Waals surface area contributed by atoms with Crippen molar-refractivity contribution >= 4 is 23.6 Å². The summed E-state index contributed by atoms with van der Waals surface area (Å²) < 4.78 is 0. The summed E-state index contributed by atoms with van der Waals surface area (Å²) in [5.41, 5.74) is 5.54. The Balaban J connectivity index is 2.95. The van der Waals surface area contributed by atoms with Crippen LogP contribution in [0, 0.1) is 5.92 Å². The molecule has 6 N–H and O–H groups in total. The number of unbranched alkanes of at least 4 members (excludes halogenated alkanes) is 5. The Morgan fingerprint density at radius 3 is 2.19 bits per heavy atom. The summed E-state index contributed by atoms with van der Waals surface area (Å²) in [6.45, 7) is 6.16. The van der Waals surface area contributed by atoms with Gasteiger partial charge in [0.25, 0.3) is 0 Å². The van der Waals surface area contributed by atoms with Crippen LogP contribution in [0.2, 0.25) is 0 Å². The van der Waals surface area contributed by atoms with E-state index in [0.717, 1.165) is 32.1 Å². The van der Waals surface area contributed by atoms with Gasteiger partial charge in [-0.3, -0.25) is 19.2 Å². The summed E-state index contributed by atoms with van der Waals surface area (Å²) in [6.07, 6.45) is 7.97. The summed E-state index contributed by atoms with van der Waals surface area (Å²) in [6, 6.07) is -1.87. The van der Waals surface area contributed by atoms with Crippen molar-refractivity contribution in [2.45, 2.75) is 103 Å². The standard InChI is InChI=1S/C23H43N5O4/c1-4-5-6-7-8-11-17-14-19(29)25-15-20(30)27-18(12-9-10-13-24)22(31)28-21(16(2)3)23(32)26-17/h16-18,21H,4-15,24H2,1-3H3,(H,25,29)(H,26,32)(H,27,30)(H,28,31)/t17-,18-,21-/m0/s1. The van der Waals surface area contributed by atoms with Crippen molar-refractivity contribution in [3.8, 4) is 0 Å². The monoisotopic (exact) mass is 453 g/mol. The minimum absolute atomic E-state index is 0.103. The lowest BCUT2D eigenvalue weighted by molar-refractivity contribution is -0.133. The number of carbonyl (C=O) groups excluding carboxylic acids is 4. The molecular weight excluding hydrogens is 410 g/mol. The zero-order chi connectivity index (χ0) is 23.9. The molecule has 9 heteroatoms. The number of rotatable bonds is 11. The third kappa shape index (κ3) is 10.9. The fraction of sp³-hybridized carbons (Fsp3) is 0.826. The summed E-state index contributed by atoms with van der Waals surface area (Å²) >= 11 is 0. The molecule has 1 saturated heterocycles. The predicted molar refractivity (Wildman–Crippen MR) is 125 cm³/mol. The van der Waals surface area contributed by atoms with Crippen LogP contribution in [0.3, 0.4) is 0 Å². The highest BCUT2D eigenvalue weighted by Crippen LogP contribution is 2.12. The first-order chi connectivity index (χ1) is 15.3.